The highest BCUT2D eigenvalue weighted by molar-refractivity contribution is 6.35. The minimum absolute atomic E-state index is 0.0258. The summed E-state index contributed by atoms with van der Waals surface area (Å²) in [5.41, 5.74) is 2.13. The van der Waals surface area contributed by atoms with Gasteiger partial charge in [0, 0.05) is 30.0 Å². The predicted molar refractivity (Wildman–Crippen MR) is 110 cm³/mol. The van der Waals surface area contributed by atoms with Crippen LogP contribution in [-0.4, -0.2) is 23.5 Å². The number of rotatable bonds is 6. The van der Waals surface area contributed by atoms with Crippen LogP contribution in [0.15, 0.2) is 48.2 Å². The molecule has 0 aliphatic carbocycles. The lowest BCUT2D eigenvalue weighted by Crippen LogP contribution is -2.37. The lowest BCUT2D eigenvalue weighted by atomic mass is 10.0. The second kappa shape index (κ2) is 9.37. The van der Waals surface area contributed by atoms with Crippen molar-refractivity contribution in [3.05, 3.63) is 64.9 Å². The van der Waals surface area contributed by atoms with E-state index >= 15 is 0 Å². The fourth-order valence-corrected chi connectivity index (χ4v) is 3.41. The predicted octanol–water partition coefficient (Wildman–Crippen LogP) is 4.53. The average Bonchev–Trinajstić information content (AvgIpc) is 3.06. The number of nitrogens with one attached hydrogen (secondary N) is 2. The van der Waals surface area contributed by atoms with Crippen LogP contribution in [0.5, 0.6) is 0 Å². The number of fused-ring (bicyclic) bond motifs is 1. The van der Waals surface area contributed by atoms with Crippen LogP contribution in [-0.2, 0) is 21.9 Å². The van der Waals surface area contributed by atoms with Crippen LogP contribution in [0.3, 0.4) is 0 Å². The molecule has 0 spiro atoms. The van der Waals surface area contributed by atoms with Gasteiger partial charge in [0.2, 0.25) is 5.91 Å². The van der Waals surface area contributed by atoms with Crippen molar-refractivity contribution in [1.82, 2.24) is 10.9 Å². The standard InChI is InChI=1S/C22H19F6N3O3/c1-12(29-30-18(33)6-3-9-32)19-16-8-7-14(22(26,27)28)11-17(16)31(20(19)34)15-5-2-4-13(10-15)21(23,24)25/h2,4-5,7-8,10-11,29,32H,3,6,9H2,1H3,(H,30,33)/b19-12-. The zero-order valence-corrected chi connectivity index (χ0v) is 17.6. The molecule has 1 heterocycles. The van der Waals surface area contributed by atoms with Gasteiger partial charge < -0.3 is 10.5 Å². The molecule has 3 N–H and O–H groups in total. The SMILES string of the molecule is C/C(NNC(=O)CCCO)=C1/C(=O)N(c2cccc(C(F)(F)F)c2)c2cc(C(F)(F)F)ccc21. The third-order valence-corrected chi connectivity index (χ3v) is 5.01. The molecule has 2 aromatic carbocycles. The number of aliphatic hydroxyl groups is 1. The average molecular weight is 487 g/mol. The zero-order chi connectivity index (χ0) is 25.3. The van der Waals surface area contributed by atoms with Crippen molar-refractivity contribution in [3.63, 3.8) is 0 Å². The highest BCUT2D eigenvalue weighted by atomic mass is 19.4. The summed E-state index contributed by atoms with van der Waals surface area (Å²) < 4.78 is 79.6. The Kier molecular flexibility index (Phi) is 6.92. The van der Waals surface area contributed by atoms with Crippen molar-refractivity contribution in [2.24, 2.45) is 0 Å². The van der Waals surface area contributed by atoms with Gasteiger partial charge in [-0.1, -0.05) is 12.1 Å². The van der Waals surface area contributed by atoms with Crippen LogP contribution in [0.1, 0.15) is 36.5 Å². The molecule has 0 unspecified atom stereocenters. The second-order valence-corrected chi connectivity index (χ2v) is 7.42. The van der Waals surface area contributed by atoms with E-state index in [1.165, 1.54) is 13.0 Å². The fraction of sp³-hybridized carbons (Fsp3) is 0.273. The van der Waals surface area contributed by atoms with Crippen molar-refractivity contribution in [1.29, 1.82) is 0 Å². The van der Waals surface area contributed by atoms with Crippen LogP contribution in [0.4, 0.5) is 37.7 Å². The quantitative estimate of drug-likeness (QED) is 0.318. The van der Waals surface area contributed by atoms with Gasteiger partial charge in [-0.3, -0.25) is 19.9 Å². The molecule has 2 aromatic rings. The number of anilines is 2. The van der Waals surface area contributed by atoms with Crippen LogP contribution in [0, 0.1) is 0 Å². The number of allylic oxidation sites excluding steroid dienone is 1. The maximum atomic E-state index is 13.3. The Balaban J connectivity index is 2.09. The van der Waals surface area contributed by atoms with Gasteiger partial charge in [0.25, 0.3) is 5.91 Å². The normalized spacial score (nSPS) is 15.3. The van der Waals surface area contributed by atoms with Crippen molar-refractivity contribution >= 4 is 28.8 Å². The Labute approximate surface area is 189 Å². The van der Waals surface area contributed by atoms with E-state index in [9.17, 15) is 35.9 Å². The lowest BCUT2D eigenvalue weighted by Gasteiger charge is -2.20. The van der Waals surface area contributed by atoms with Crippen molar-refractivity contribution in [2.45, 2.75) is 32.1 Å². The molecule has 6 nitrogen and oxygen atoms in total. The summed E-state index contributed by atoms with van der Waals surface area (Å²) in [4.78, 5) is 25.8. The Hall–Kier alpha value is -3.54. The molecule has 0 bridgehead atoms. The number of alkyl halides is 6. The highest BCUT2D eigenvalue weighted by Crippen LogP contribution is 2.45. The summed E-state index contributed by atoms with van der Waals surface area (Å²) in [5.74, 6) is -1.38. The van der Waals surface area contributed by atoms with E-state index in [-0.39, 0.29) is 47.7 Å². The first-order valence-electron chi connectivity index (χ1n) is 9.94. The summed E-state index contributed by atoms with van der Waals surface area (Å²) in [5, 5.41) is 8.79. The summed E-state index contributed by atoms with van der Waals surface area (Å²) >= 11 is 0. The molecule has 2 amide bonds. The summed E-state index contributed by atoms with van der Waals surface area (Å²) in [7, 11) is 0. The van der Waals surface area contributed by atoms with Crippen LogP contribution >= 0.6 is 0 Å². The highest BCUT2D eigenvalue weighted by Gasteiger charge is 2.40. The molecule has 3 rings (SSSR count). The van der Waals surface area contributed by atoms with Gasteiger partial charge in [0.15, 0.2) is 0 Å². The number of hydrazine groups is 1. The maximum Gasteiger partial charge on any atom is 0.416 e. The molecule has 0 saturated carbocycles. The van der Waals surface area contributed by atoms with Gasteiger partial charge in [-0.2, -0.15) is 26.3 Å². The number of amides is 2. The molecule has 0 aromatic heterocycles. The number of hydrogen-bond donors (Lipinski definition) is 3. The fourth-order valence-electron chi connectivity index (χ4n) is 3.41. The number of halogens is 6. The second-order valence-electron chi connectivity index (χ2n) is 7.42. The van der Waals surface area contributed by atoms with Crippen LogP contribution in [0.2, 0.25) is 0 Å². The largest absolute Gasteiger partial charge is 0.416 e. The number of benzene rings is 2. The van der Waals surface area contributed by atoms with E-state index in [0.29, 0.717) is 12.1 Å². The van der Waals surface area contributed by atoms with E-state index in [1.54, 1.807) is 0 Å². The van der Waals surface area contributed by atoms with E-state index < -0.39 is 35.3 Å². The van der Waals surface area contributed by atoms with Gasteiger partial charge in [-0.15, -0.1) is 0 Å². The number of carbonyl (C=O) groups is 2. The van der Waals surface area contributed by atoms with Gasteiger partial charge >= 0.3 is 12.4 Å². The van der Waals surface area contributed by atoms with Crippen molar-refractivity contribution in [3.8, 4) is 0 Å². The number of hydrogen-bond acceptors (Lipinski definition) is 4. The third kappa shape index (κ3) is 5.16. The summed E-state index contributed by atoms with van der Waals surface area (Å²) in [6, 6.07) is 6.18. The van der Waals surface area contributed by atoms with Gasteiger partial charge in [0.05, 0.1) is 22.4 Å². The first-order chi connectivity index (χ1) is 15.8. The maximum absolute atomic E-state index is 13.3. The summed E-state index contributed by atoms with van der Waals surface area (Å²) in [6.07, 6.45) is -9.32. The first kappa shape index (κ1) is 25.1. The minimum atomic E-state index is -4.75. The number of aliphatic hydroxyl groups excluding tert-OH is 1. The summed E-state index contributed by atoms with van der Waals surface area (Å²) in [6.45, 7) is 1.17. The zero-order valence-electron chi connectivity index (χ0n) is 17.6. The van der Waals surface area contributed by atoms with E-state index in [4.69, 9.17) is 5.11 Å². The first-order valence-corrected chi connectivity index (χ1v) is 9.94. The van der Waals surface area contributed by atoms with Gasteiger partial charge in [-0.05, 0) is 43.7 Å². The van der Waals surface area contributed by atoms with E-state index in [2.05, 4.69) is 10.9 Å². The molecule has 12 heteroatoms. The molecule has 1 aliphatic rings. The minimum Gasteiger partial charge on any atom is -0.396 e. The number of nitrogens with zero attached hydrogens (tertiary/aromatic N) is 1. The Morgan fingerprint density at radius 2 is 1.62 bits per heavy atom. The number of carbonyl (C=O) groups excluding carboxylic acids is 2. The Morgan fingerprint density at radius 1 is 0.971 bits per heavy atom. The van der Waals surface area contributed by atoms with Gasteiger partial charge in [-0.25, -0.2) is 0 Å². The molecule has 1 aliphatic heterocycles. The topological polar surface area (TPSA) is 81.7 Å². The molecule has 0 radical (unpaired) electrons. The molecule has 0 atom stereocenters. The van der Waals surface area contributed by atoms with E-state index in [0.717, 1.165) is 29.2 Å². The Morgan fingerprint density at radius 3 is 2.24 bits per heavy atom. The van der Waals surface area contributed by atoms with E-state index in [1.807, 2.05) is 0 Å². The molecule has 0 saturated heterocycles. The van der Waals surface area contributed by atoms with Gasteiger partial charge in [0.1, 0.15) is 0 Å². The molecule has 34 heavy (non-hydrogen) atoms. The molecule has 182 valence electrons. The van der Waals surface area contributed by atoms with Crippen LogP contribution < -0.4 is 15.8 Å². The molecule has 0 fully saturated rings. The van der Waals surface area contributed by atoms with Crippen molar-refractivity contribution in [2.75, 3.05) is 11.5 Å². The smallest absolute Gasteiger partial charge is 0.396 e. The van der Waals surface area contributed by atoms with Crippen LogP contribution in [0.25, 0.3) is 5.57 Å². The molecular weight excluding hydrogens is 468 g/mol. The lowest BCUT2D eigenvalue weighted by molar-refractivity contribution is -0.138. The van der Waals surface area contributed by atoms with Crippen molar-refractivity contribution < 1.29 is 41.0 Å². The Bertz CT molecular complexity index is 1140. The third-order valence-electron chi connectivity index (χ3n) is 5.01. The monoisotopic (exact) mass is 487 g/mol. The molecular formula is C22H19F6N3O3.